The summed E-state index contributed by atoms with van der Waals surface area (Å²) in [7, 11) is 0. The van der Waals surface area contributed by atoms with Crippen LogP contribution >= 0.6 is 12.2 Å². The van der Waals surface area contributed by atoms with Gasteiger partial charge in [-0.2, -0.15) is 0 Å². The Hall–Kier alpha value is -4.55. The van der Waals surface area contributed by atoms with Gasteiger partial charge in [-0.25, -0.2) is 0 Å². The van der Waals surface area contributed by atoms with Crippen molar-refractivity contribution in [2.75, 3.05) is 9.80 Å². The van der Waals surface area contributed by atoms with Crippen LogP contribution in [0.4, 0.5) is 11.4 Å². The minimum absolute atomic E-state index is 0.00735. The highest BCUT2D eigenvalue weighted by Crippen LogP contribution is 2.31. The van der Waals surface area contributed by atoms with Crippen molar-refractivity contribution in [1.82, 2.24) is 0 Å². The first kappa shape index (κ1) is 23.2. The van der Waals surface area contributed by atoms with Crippen LogP contribution in [0, 0.1) is 0 Å². The van der Waals surface area contributed by atoms with Gasteiger partial charge in [0.25, 0.3) is 11.8 Å². The van der Waals surface area contributed by atoms with Gasteiger partial charge in [0.05, 0.1) is 11.4 Å². The normalized spacial score (nSPS) is 13.7. The van der Waals surface area contributed by atoms with Crippen molar-refractivity contribution >= 4 is 46.6 Å². The second-order valence-corrected chi connectivity index (χ2v) is 8.47. The Bertz CT molecular complexity index is 1370. The molecule has 6 heteroatoms. The third kappa shape index (κ3) is 4.67. The van der Waals surface area contributed by atoms with E-state index in [1.807, 2.05) is 91.0 Å². The minimum atomic E-state index is -0.485. The summed E-state index contributed by atoms with van der Waals surface area (Å²) in [5.74, 6) is -0.400. The summed E-state index contributed by atoms with van der Waals surface area (Å²) < 4.78 is 6.06. The Morgan fingerprint density at radius 2 is 1.11 bits per heavy atom. The molecule has 0 atom stereocenters. The van der Waals surface area contributed by atoms with E-state index in [4.69, 9.17) is 17.0 Å². The van der Waals surface area contributed by atoms with Gasteiger partial charge in [0, 0.05) is 5.56 Å². The number of carbonyl (C=O) groups is 2. The van der Waals surface area contributed by atoms with E-state index in [0.717, 1.165) is 5.56 Å². The van der Waals surface area contributed by atoms with Gasteiger partial charge in [0.15, 0.2) is 5.11 Å². The van der Waals surface area contributed by atoms with Crippen LogP contribution in [0.1, 0.15) is 11.1 Å². The number of amides is 2. The van der Waals surface area contributed by atoms with Gasteiger partial charge in [-0.3, -0.25) is 19.4 Å². The third-order valence-electron chi connectivity index (χ3n) is 5.73. The van der Waals surface area contributed by atoms with Gasteiger partial charge >= 0.3 is 0 Å². The van der Waals surface area contributed by atoms with Gasteiger partial charge in [0.1, 0.15) is 17.9 Å². The standard InChI is InChI=1S/C30H22N2O3S/c33-28-26(20-23-14-10-11-19-27(23)35-21-22-12-4-1-5-13-22)29(34)32(25-17-8-3-9-18-25)30(36)31(28)24-15-6-2-7-16-24/h1-20H,21H2. The largest absolute Gasteiger partial charge is 0.488 e. The molecule has 0 spiro atoms. The Morgan fingerprint density at radius 3 is 1.67 bits per heavy atom. The summed E-state index contributed by atoms with van der Waals surface area (Å²) >= 11 is 5.66. The molecule has 1 aliphatic rings. The summed E-state index contributed by atoms with van der Waals surface area (Å²) in [6.45, 7) is 0.360. The lowest BCUT2D eigenvalue weighted by atomic mass is 10.0. The predicted molar refractivity (Wildman–Crippen MR) is 146 cm³/mol. The van der Waals surface area contributed by atoms with E-state index in [1.165, 1.54) is 9.80 Å². The number of hydrogen-bond donors (Lipinski definition) is 0. The van der Waals surface area contributed by atoms with Crippen LogP contribution in [0.3, 0.4) is 0 Å². The van der Waals surface area contributed by atoms with E-state index in [0.29, 0.717) is 29.3 Å². The summed E-state index contributed by atoms with van der Waals surface area (Å²) in [4.78, 5) is 30.2. The molecule has 176 valence electrons. The molecule has 0 radical (unpaired) electrons. The van der Waals surface area contributed by atoms with E-state index in [1.54, 1.807) is 30.3 Å². The Labute approximate surface area is 214 Å². The topological polar surface area (TPSA) is 49.9 Å². The number of thiocarbonyl (C=S) groups is 1. The fourth-order valence-corrected chi connectivity index (χ4v) is 4.34. The number of para-hydroxylation sites is 3. The van der Waals surface area contributed by atoms with Crippen LogP contribution in [0.15, 0.2) is 121 Å². The van der Waals surface area contributed by atoms with Crippen LogP contribution in [-0.2, 0) is 16.2 Å². The second-order valence-electron chi connectivity index (χ2n) is 8.10. The number of carbonyl (C=O) groups excluding carboxylic acids is 2. The molecule has 36 heavy (non-hydrogen) atoms. The molecule has 4 aromatic carbocycles. The highest BCUT2D eigenvalue weighted by atomic mass is 32.1. The smallest absolute Gasteiger partial charge is 0.270 e. The fourth-order valence-electron chi connectivity index (χ4n) is 3.96. The van der Waals surface area contributed by atoms with Crippen molar-refractivity contribution in [2.24, 2.45) is 0 Å². The Kier molecular flexibility index (Phi) is 6.69. The van der Waals surface area contributed by atoms with Crippen molar-refractivity contribution in [1.29, 1.82) is 0 Å². The molecule has 0 aromatic heterocycles. The molecule has 4 aromatic rings. The minimum Gasteiger partial charge on any atom is -0.488 e. The summed E-state index contributed by atoms with van der Waals surface area (Å²) in [6.07, 6.45) is 1.58. The molecule has 0 unspecified atom stereocenters. The molecule has 1 heterocycles. The molecule has 1 fully saturated rings. The quantitative estimate of drug-likeness (QED) is 0.189. The van der Waals surface area contributed by atoms with E-state index in [2.05, 4.69) is 0 Å². The highest BCUT2D eigenvalue weighted by molar-refractivity contribution is 7.81. The number of rotatable bonds is 6. The number of benzene rings is 4. The van der Waals surface area contributed by atoms with Crippen LogP contribution in [-0.4, -0.2) is 16.9 Å². The molecule has 0 bridgehead atoms. The van der Waals surface area contributed by atoms with E-state index < -0.39 is 11.8 Å². The molecule has 0 N–H and O–H groups in total. The fraction of sp³-hybridized carbons (Fsp3) is 0.0333. The number of anilines is 2. The van der Waals surface area contributed by atoms with Gasteiger partial charge in [0.2, 0.25) is 0 Å². The first-order valence-corrected chi connectivity index (χ1v) is 11.8. The highest BCUT2D eigenvalue weighted by Gasteiger charge is 2.41. The lowest BCUT2D eigenvalue weighted by Crippen LogP contribution is -2.56. The van der Waals surface area contributed by atoms with E-state index in [9.17, 15) is 9.59 Å². The van der Waals surface area contributed by atoms with Gasteiger partial charge in [-0.1, -0.05) is 84.9 Å². The van der Waals surface area contributed by atoms with E-state index in [-0.39, 0.29) is 10.7 Å². The Balaban J connectivity index is 1.56. The van der Waals surface area contributed by atoms with Crippen molar-refractivity contribution < 1.29 is 14.3 Å². The summed E-state index contributed by atoms with van der Waals surface area (Å²) in [5.41, 5.74) is 2.80. The average Bonchev–Trinajstić information content (AvgIpc) is 2.92. The van der Waals surface area contributed by atoms with Gasteiger partial charge in [-0.05, 0) is 54.2 Å². The number of hydrogen-bond acceptors (Lipinski definition) is 4. The van der Waals surface area contributed by atoms with Gasteiger partial charge in [-0.15, -0.1) is 0 Å². The first-order valence-electron chi connectivity index (χ1n) is 11.4. The number of nitrogens with zero attached hydrogens (tertiary/aromatic N) is 2. The molecular weight excluding hydrogens is 468 g/mol. The maximum absolute atomic E-state index is 13.7. The number of ether oxygens (including phenoxy) is 1. The monoisotopic (exact) mass is 490 g/mol. The maximum atomic E-state index is 13.7. The maximum Gasteiger partial charge on any atom is 0.270 e. The molecule has 5 nitrogen and oxygen atoms in total. The van der Waals surface area contributed by atoms with Crippen molar-refractivity contribution in [3.63, 3.8) is 0 Å². The molecule has 0 aliphatic carbocycles. The molecule has 2 amide bonds. The zero-order valence-electron chi connectivity index (χ0n) is 19.3. The predicted octanol–water partition coefficient (Wildman–Crippen LogP) is 6.01. The van der Waals surface area contributed by atoms with E-state index >= 15 is 0 Å². The SMILES string of the molecule is O=C1C(=Cc2ccccc2OCc2ccccc2)C(=O)N(c2ccccc2)C(=S)N1c1ccccc1. The lowest BCUT2D eigenvalue weighted by Gasteiger charge is -2.36. The summed E-state index contributed by atoms with van der Waals surface area (Å²) in [6, 6.07) is 35.3. The zero-order chi connectivity index (χ0) is 24.9. The molecule has 1 aliphatic heterocycles. The second kappa shape index (κ2) is 10.4. The van der Waals surface area contributed by atoms with Gasteiger partial charge < -0.3 is 4.74 Å². The average molecular weight is 491 g/mol. The lowest BCUT2D eigenvalue weighted by molar-refractivity contribution is -0.120. The Morgan fingerprint density at radius 1 is 0.639 bits per heavy atom. The van der Waals surface area contributed by atoms with Crippen LogP contribution in [0.5, 0.6) is 5.75 Å². The molecular formula is C30H22N2O3S. The van der Waals surface area contributed by atoms with Crippen LogP contribution in [0.25, 0.3) is 6.08 Å². The van der Waals surface area contributed by atoms with Crippen molar-refractivity contribution in [3.8, 4) is 5.75 Å². The van der Waals surface area contributed by atoms with Crippen molar-refractivity contribution in [3.05, 3.63) is 132 Å². The first-order chi connectivity index (χ1) is 17.6. The molecule has 0 saturated carbocycles. The summed E-state index contributed by atoms with van der Waals surface area (Å²) in [5, 5.41) is 0.105. The van der Waals surface area contributed by atoms with Crippen LogP contribution in [0.2, 0.25) is 0 Å². The van der Waals surface area contributed by atoms with Crippen LogP contribution < -0.4 is 14.5 Å². The zero-order valence-corrected chi connectivity index (χ0v) is 20.1. The third-order valence-corrected chi connectivity index (χ3v) is 6.10. The molecule has 5 rings (SSSR count). The van der Waals surface area contributed by atoms with Crippen molar-refractivity contribution in [2.45, 2.75) is 6.61 Å². The molecule has 1 saturated heterocycles.